The first-order chi connectivity index (χ1) is 5.81. The van der Waals surface area contributed by atoms with Crippen LogP contribution < -0.4 is 0 Å². The second kappa shape index (κ2) is 11.7. The Morgan fingerprint density at radius 3 is 2.38 bits per heavy atom. The topological polar surface area (TPSA) is 43.4 Å². The fourth-order valence-electron chi connectivity index (χ4n) is 0.985. The minimum absolute atomic E-state index is 0. The normalized spacial score (nSPS) is 8.69. The van der Waals surface area contributed by atoms with E-state index >= 15 is 0 Å². The van der Waals surface area contributed by atoms with Crippen LogP contribution >= 0.6 is 0 Å². The maximum Gasteiger partial charge on any atom is 0.313 e. The third kappa shape index (κ3) is 11.7. The highest BCUT2D eigenvalue weighted by atomic mass is 27.0. The lowest BCUT2D eigenvalue weighted by Gasteiger charge is -1.97. The van der Waals surface area contributed by atoms with Gasteiger partial charge in [-0.25, -0.2) is 0 Å². The van der Waals surface area contributed by atoms with E-state index in [-0.39, 0.29) is 23.8 Å². The number of rotatable bonds is 7. The van der Waals surface area contributed by atoms with Crippen molar-refractivity contribution in [3.05, 3.63) is 0 Å². The van der Waals surface area contributed by atoms with Crippen molar-refractivity contribution >= 4 is 29.8 Å². The first-order valence-electron chi connectivity index (χ1n) is 4.44. The van der Waals surface area contributed by atoms with Crippen molar-refractivity contribution < 1.29 is 14.3 Å². The van der Waals surface area contributed by atoms with Crippen LogP contribution in [0.15, 0.2) is 0 Å². The molecule has 0 aliphatic rings. The molecule has 0 aliphatic heterocycles. The van der Waals surface area contributed by atoms with Crippen molar-refractivity contribution in [3.8, 4) is 0 Å². The first kappa shape index (κ1) is 15.2. The summed E-state index contributed by atoms with van der Waals surface area (Å²) in [6.45, 7) is 2.33. The van der Waals surface area contributed by atoms with Gasteiger partial charge in [0.2, 0.25) is 0 Å². The van der Waals surface area contributed by atoms with E-state index in [4.69, 9.17) is 0 Å². The van der Waals surface area contributed by atoms with Crippen LogP contribution in [0.5, 0.6) is 0 Å². The molecule has 3 nitrogen and oxygen atoms in total. The molecule has 0 aromatic heterocycles. The summed E-state index contributed by atoms with van der Waals surface area (Å²) >= 11 is 0. The molecule has 0 atom stereocenters. The second-order valence-electron chi connectivity index (χ2n) is 2.75. The Bertz CT molecular complexity index is 137. The van der Waals surface area contributed by atoms with E-state index in [1.807, 2.05) is 0 Å². The average molecular weight is 202 g/mol. The number of ether oxygens (including phenoxy) is 1. The largest absolute Gasteiger partial charge is 0.395 e. The monoisotopic (exact) mass is 202 g/mol. The quantitative estimate of drug-likeness (QED) is 0.202. The van der Waals surface area contributed by atoms with Crippen molar-refractivity contribution in [1.29, 1.82) is 0 Å². The Morgan fingerprint density at radius 1 is 1.23 bits per heavy atom. The summed E-state index contributed by atoms with van der Waals surface area (Å²) < 4.78 is 4.13. The van der Waals surface area contributed by atoms with E-state index in [2.05, 4.69) is 11.7 Å². The van der Waals surface area contributed by atoms with Gasteiger partial charge in [0.1, 0.15) is 0 Å². The van der Waals surface area contributed by atoms with Gasteiger partial charge >= 0.3 is 12.4 Å². The predicted molar refractivity (Wildman–Crippen MR) is 55.5 cm³/mol. The molecule has 0 amide bonds. The molecule has 0 saturated heterocycles. The van der Waals surface area contributed by atoms with Gasteiger partial charge in [0.15, 0.2) is 17.4 Å². The molecule has 0 unspecified atom stereocenters. The SMILES string of the molecule is CCCCCCCC(=O)OC=O.[AlH3]. The summed E-state index contributed by atoms with van der Waals surface area (Å²) in [4.78, 5) is 20.3. The standard InChI is InChI=1S/C9H16O3.Al.3H/c1-2-3-4-5-6-7-9(11)12-8-10;;;;/h8H,2-7H2,1H3;;;;. The summed E-state index contributed by atoms with van der Waals surface area (Å²) in [6, 6.07) is 0. The van der Waals surface area contributed by atoms with Crippen LogP contribution in [0, 0.1) is 0 Å². The molecule has 0 aliphatic carbocycles. The number of hydrogen-bond donors (Lipinski definition) is 0. The number of unbranched alkanes of at least 4 members (excludes halogenated alkanes) is 4. The fraction of sp³-hybridized carbons (Fsp3) is 0.778. The van der Waals surface area contributed by atoms with Crippen molar-refractivity contribution in [1.82, 2.24) is 0 Å². The molecule has 0 bridgehead atoms. The van der Waals surface area contributed by atoms with Crippen molar-refractivity contribution in [2.45, 2.75) is 45.4 Å². The molecule has 0 spiro atoms. The smallest absolute Gasteiger partial charge is 0.313 e. The third-order valence-electron chi connectivity index (χ3n) is 1.66. The molecule has 0 rings (SSSR count). The Labute approximate surface area is 90.0 Å². The Hall–Kier alpha value is -0.328. The van der Waals surface area contributed by atoms with E-state index < -0.39 is 5.97 Å². The molecular weight excluding hydrogens is 183 g/mol. The lowest BCUT2D eigenvalue weighted by atomic mass is 10.1. The number of carbonyl (C=O) groups excluding carboxylic acids is 2. The Kier molecular flexibility index (Phi) is 13.6. The Balaban J connectivity index is 0. The average Bonchev–Trinajstić information content (AvgIpc) is 2.05. The van der Waals surface area contributed by atoms with Crippen LogP contribution in [0.3, 0.4) is 0 Å². The molecule has 0 aromatic carbocycles. The van der Waals surface area contributed by atoms with Crippen LogP contribution in [0.1, 0.15) is 45.4 Å². The van der Waals surface area contributed by atoms with Gasteiger partial charge in [-0.3, -0.25) is 9.59 Å². The summed E-state index contributed by atoms with van der Waals surface area (Å²) in [5.74, 6) is -0.415. The van der Waals surface area contributed by atoms with E-state index in [9.17, 15) is 9.59 Å². The van der Waals surface area contributed by atoms with Crippen LogP contribution in [0.4, 0.5) is 0 Å². The number of esters is 1. The van der Waals surface area contributed by atoms with Gasteiger partial charge in [-0.05, 0) is 6.42 Å². The van der Waals surface area contributed by atoms with Crippen LogP contribution in [-0.4, -0.2) is 29.8 Å². The van der Waals surface area contributed by atoms with E-state index in [1.165, 1.54) is 12.8 Å². The molecule has 76 valence electrons. The molecule has 4 heteroatoms. The maximum absolute atomic E-state index is 10.6. The van der Waals surface area contributed by atoms with Gasteiger partial charge in [0.25, 0.3) is 0 Å². The number of hydrogen-bond acceptors (Lipinski definition) is 3. The molecular formula is C9H19AlO3. The van der Waals surface area contributed by atoms with Gasteiger partial charge in [0.05, 0.1) is 0 Å². The summed E-state index contributed by atoms with van der Waals surface area (Å²) in [6.07, 6.45) is 5.79. The van der Waals surface area contributed by atoms with Gasteiger partial charge in [0, 0.05) is 6.42 Å². The van der Waals surface area contributed by atoms with Gasteiger partial charge in [-0.1, -0.05) is 32.6 Å². The van der Waals surface area contributed by atoms with E-state index in [0.29, 0.717) is 6.42 Å². The molecule has 0 N–H and O–H groups in total. The van der Waals surface area contributed by atoms with Crippen molar-refractivity contribution in [2.75, 3.05) is 0 Å². The molecule has 0 fully saturated rings. The molecule has 0 aromatic rings. The lowest BCUT2D eigenvalue weighted by molar-refractivity contribution is -0.151. The van der Waals surface area contributed by atoms with Gasteiger partial charge in [-0.15, -0.1) is 0 Å². The predicted octanol–water partition coefficient (Wildman–Crippen LogP) is 0.863. The van der Waals surface area contributed by atoms with Gasteiger partial charge in [-0.2, -0.15) is 0 Å². The van der Waals surface area contributed by atoms with Crippen LogP contribution in [-0.2, 0) is 14.3 Å². The molecule has 13 heavy (non-hydrogen) atoms. The van der Waals surface area contributed by atoms with E-state index in [0.717, 1.165) is 19.3 Å². The molecule has 0 heterocycles. The zero-order valence-corrected chi connectivity index (χ0v) is 7.54. The minimum atomic E-state index is -0.415. The second-order valence-corrected chi connectivity index (χ2v) is 2.75. The van der Waals surface area contributed by atoms with Gasteiger partial charge < -0.3 is 4.74 Å². The Morgan fingerprint density at radius 2 is 1.85 bits per heavy atom. The van der Waals surface area contributed by atoms with Crippen molar-refractivity contribution in [2.24, 2.45) is 0 Å². The molecule has 0 radical (unpaired) electrons. The van der Waals surface area contributed by atoms with Crippen LogP contribution in [0.2, 0.25) is 0 Å². The lowest BCUT2D eigenvalue weighted by Crippen LogP contribution is -2.01. The van der Waals surface area contributed by atoms with E-state index in [1.54, 1.807) is 0 Å². The summed E-state index contributed by atoms with van der Waals surface area (Å²) in [5, 5.41) is 0. The highest BCUT2D eigenvalue weighted by Crippen LogP contribution is 2.05. The third-order valence-corrected chi connectivity index (χ3v) is 1.66. The van der Waals surface area contributed by atoms with Crippen molar-refractivity contribution in [3.63, 3.8) is 0 Å². The zero-order valence-electron chi connectivity index (χ0n) is 7.54. The fourth-order valence-corrected chi connectivity index (χ4v) is 0.985. The summed E-state index contributed by atoms with van der Waals surface area (Å²) in [7, 11) is 0. The maximum atomic E-state index is 10.6. The first-order valence-corrected chi connectivity index (χ1v) is 4.44. The summed E-state index contributed by atoms with van der Waals surface area (Å²) in [5.41, 5.74) is 0. The molecule has 0 saturated carbocycles. The zero-order chi connectivity index (χ0) is 9.23. The number of carbonyl (C=O) groups is 2. The minimum Gasteiger partial charge on any atom is -0.395 e. The van der Waals surface area contributed by atoms with Crippen LogP contribution in [0.25, 0.3) is 0 Å². The highest BCUT2D eigenvalue weighted by Gasteiger charge is 2.00. The highest BCUT2D eigenvalue weighted by molar-refractivity contribution is 5.76.